The Hall–Kier alpha value is -0.950. The van der Waals surface area contributed by atoms with Gasteiger partial charge in [0.25, 0.3) is 0 Å². The highest BCUT2D eigenvalue weighted by Crippen LogP contribution is 2.26. The quantitative estimate of drug-likeness (QED) is 0.861. The van der Waals surface area contributed by atoms with Crippen molar-refractivity contribution in [3.8, 4) is 0 Å². The Morgan fingerprint density at radius 3 is 2.90 bits per heavy atom. The molecule has 1 aromatic carbocycles. The van der Waals surface area contributed by atoms with Gasteiger partial charge in [-0.3, -0.25) is 0 Å². The van der Waals surface area contributed by atoms with Crippen LogP contribution in [0.3, 0.4) is 0 Å². The van der Waals surface area contributed by atoms with Crippen LogP contribution in [0, 0.1) is 5.92 Å². The van der Waals surface area contributed by atoms with Gasteiger partial charge in [0.1, 0.15) is 0 Å². The van der Waals surface area contributed by atoms with Crippen molar-refractivity contribution in [3.05, 3.63) is 29.3 Å². The maximum Gasteiger partial charge on any atom is 0.243 e. The van der Waals surface area contributed by atoms with Gasteiger partial charge >= 0.3 is 0 Å². The molecule has 2 heterocycles. The van der Waals surface area contributed by atoms with E-state index in [0.717, 1.165) is 31.5 Å². The fourth-order valence-electron chi connectivity index (χ4n) is 2.97. The lowest BCUT2D eigenvalue weighted by Crippen LogP contribution is -2.40. The molecule has 1 unspecified atom stereocenters. The van der Waals surface area contributed by atoms with Crippen LogP contribution in [0.15, 0.2) is 23.1 Å². The zero-order chi connectivity index (χ0) is 14.2. The van der Waals surface area contributed by atoms with Crippen molar-refractivity contribution < 1.29 is 13.5 Å². The third kappa shape index (κ3) is 2.48. The second kappa shape index (κ2) is 5.44. The molecular weight excluding hydrogens is 276 g/mol. The van der Waals surface area contributed by atoms with E-state index < -0.39 is 10.0 Å². The Labute approximate surface area is 119 Å². The van der Waals surface area contributed by atoms with Crippen molar-refractivity contribution >= 4 is 10.0 Å². The van der Waals surface area contributed by atoms with Crippen LogP contribution in [0.2, 0.25) is 0 Å². The van der Waals surface area contributed by atoms with Crippen molar-refractivity contribution in [2.24, 2.45) is 5.92 Å². The topological polar surface area (TPSA) is 69.6 Å². The molecule has 2 aliphatic rings. The normalized spacial score (nSPS) is 23.8. The van der Waals surface area contributed by atoms with Crippen LogP contribution in [0.4, 0.5) is 0 Å². The SMILES string of the molecule is O=S(=O)(c1ccc2c(c1)CNC2)N1CCCC(CO)C1. The summed E-state index contributed by atoms with van der Waals surface area (Å²) in [5.74, 6) is 0.0645. The molecule has 1 atom stereocenters. The van der Waals surface area contributed by atoms with Gasteiger partial charge in [0.2, 0.25) is 10.0 Å². The maximum absolute atomic E-state index is 12.7. The molecule has 1 saturated heterocycles. The Balaban J connectivity index is 1.87. The van der Waals surface area contributed by atoms with Crippen LogP contribution >= 0.6 is 0 Å². The molecule has 0 aliphatic carbocycles. The first-order valence-electron chi connectivity index (χ1n) is 7.05. The van der Waals surface area contributed by atoms with Crippen LogP contribution in [-0.2, 0) is 23.1 Å². The van der Waals surface area contributed by atoms with Crippen molar-refractivity contribution in [2.75, 3.05) is 19.7 Å². The van der Waals surface area contributed by atoms with Gasteiger partial charge in [-0.25, -0.2) is 8.42 Å². The lowest BCUT2D eigenvalue weighted by Gasteiger charge is -2.31. The second-order valence-electron chi connectivity index (χ2n) is 5.59. The smallest absolute Gasteiger partial charge is 0.243 e. The van der Waals surface area contributed by atoms with E-state index in [1.165, 1.54) is 9.87 Å². The van der Waals surface area contributed by atoms with Gasteiger partial charge < -0.3 is 10.4 Å². The van der Waals surface area contributed by atoms with Crippen molar-refractivity contribution in [2.45, 2.75) is 30.8 Å². The first-order valence-corrected chi connectivity index (χ1v) is 8.49. The van der Waals surface area contributed by atoms with E-state index in [-0.39, 0.29) is 12.5 Å². The summed E-state index contributed by atoms with van der Waals surface area (Å²) in [7, 11) is -3.43. The predicted octanol–water partition coefficient (Wildman–Crippen LogP) is 0.683. The molecule has 0 bridgehead atoms. The number of hydrogen-bond donors (Lipinski definition) is 2. The molecule has 110 valence electrons. The minimum absolute atomic E-state index is 0.0557. The number of sulfonamides is 1. The number of aliphatic hydroxyl groups excluding tert-OH is 1. The lowest BCUT2D eigenvalue weighted by atomic mass is 10.0. The van der Waals surface area contributed by atoms with Crippen molar-refractivity contribution in [1.29, 1.82) is 0 Å². The van der Waals surface area contributed by atoms with Crippen LogP contribution in [0.1, 0.15) is 24.0 Å². The largest absolute Gasteiger partial charge is 0.396 e. The van der Waals surface area contributed by atoms with Crippen molar-refractivity contribution in [1.82, 2.24) is 9.62 Å². The molecule has 5 nitrogen and oxygen atoms in total. The predicted molar refractivity (Wildman–Crippen MR) is 75.6 cm³/mol. The molecule has 0 amide bonds. The first-order chi connectivity index (χ1) is 9.61. The van der Waals surface area contributed by atoms with E-state index in [0.29, 0.717) is 18.0 Å². The molecule has 6 heteroatoms. The summed E-state index contributed by atoms with van der Waals surface area (Å²) in [6.45, 7) is 2.58. The van der Waals surface area contributed by atoms with E-state index in [9.17, 15) is 13.5 Å². The first kappa shape index (κ1) is 14.0. The van der Waals surface area contributed by atoms with E-state index in [1.54, 1.807) is 12.1 Å². The van der Waals surface area contributed by atoms with E-state index >= 15 is 0 Å². The number of hydrogen-bond acceptors (Lipinski definition) is 4. The number of fused-ring (bicyclic) bond motifs is 1. The zero-order valence-corrected chi connectivity index (χ0v) is 12.2. The highest BCUT2D eigenvalue weighted by atomic mass is 32.2. The third-order valence-electron chi connectivity index (χ3n) is 4.19. The molecule has 3 rings (SSSR count). The van der Waals surface area contributed by atoms with Gasteiger partial charge in [-0.1, -0.05) is 6.07 Å². The zero-order valence-electron chi connectivity index (χ0n) is 11.4. The van der Waals surface area contributed by atoms with Gasteiger partial charge in [-0.05, 0) is 42.0 Å². The Morgan fingerprint density at radius 2 is 2.10 bits per heavy atom. The molecule has 2 N–H and O–H groups in total. The number of benzene rings is 1. The van der Waals surface area contributed by atoms with E-state index in [2.05, 4.69) is 5.32 Å². The minimum Gasteiger partial charge on any atom is -0.396 e. The van der Waals surface area contributed by atoms with Gasteiger partial charge in [-0.15, -0.1) is 0 Å². The highest BCUT2D eigenvalue weighted by molar-refractivity contribution is 7.89. The second-order valence-corrected chi connectivity index (χ2v) is 7.53. The molecule has 0 spiro atoms. The van der Waals surface area contributed by atoms with Crippen LogP contribution in [-0.4, -0.2) is 37.5 Å². The molecule has 0 saturated carbocycles. The minimum atomic E-state index is -3.43. The molecule has 1 aromatic rings. The third-order valence-corrected chi connectivity index (χ3v) is 6.05. The summed E-state index contributed by atoms with van der Waals surface area (Å²) in [6.07, 6.45) is 1.72. The number of aliphatic hydroxyl groups is 1. The number of piperidine rings is 1. The number of nitrogens with one attached hydrogen (secondary N) is 1. The molecule has 20 heavy (non-hydrogen) atoms. The molecule has 0 radical (unpaired) electrons. The van der Waals surface area contributed by atoms with Crippen LogP contribution < -0.4 is 5.32 Å². The van der Waals surface area contributed by atoms with E-state index in [1.807, 2.05) is 6.07 Å². The monoisotopic (exact) mass is 296 g/mol. The summed E-state index contributed by atoms with van der Waals surface area (Å²) in [4.78, 5) is 0.374. The summed E-state index contributed by atoms with van der Waals surface area (Å²) in [6, 6.07) is 5.38. The summed E-state index contributed by atoms with van der Waals surface area (Å²) >= 11 is 0. The number of nitrogens with zero attached hydrogens (tertiary/aromatic N) is 1. The van der Waals surface area contributed by atoms with Gasteiger partial charge in [0.05, 0.1) is 4.90 Å². The Bertz CT molecular complexity index is 600. The van der Waals surface area contributed by atoms with Crippen molar-refractivity contribution in [3.63, 3.8) is 0 Å². The standard InChI is InChI=1S/C14H20N2O3S/c17-10-11-2-1-5-16(9-11)20(18,19)14-4-3-12-7-15-8-13(12)6-14/h3-4,6,11,15,17H,1-2,5,7-10H2. The van der Waals surface area contributed by atoms with Gasteiger partial charge in [0, 0.05) is 32.8 Å². The molecule has 1 fully saturated rings. The molecule has 0 aromatic heterocycles. The van der Waals surface area contributed by atoms with Gasteiger partial charge in [0.15, 0.2) is 0 Å². The summed E-state index contributed by atoms with van der Waals surface area (Å²) < 4.78 is 26.9. The molecule has 2 aliphatic heterocycles. The fourth-order valence-corrected chi connectivity index (χ4v) is 4.58. The fraction of sp³-hybridized carbons (Fsp3) is 0.571. The summed E-state index contributed by atoms with van der Waals surface area (Å²) in [5.41, 5.74) is 2.25. The molecular formula is C14H20N2O3S. The highest BCUT2D eigenvalue weighted by Gasteiger charge is 2.30. The Kier molecular flexibility index (Phi) is 3.81. The van der Waals surface area contributed by atoms with Crippen LogP contribution in [0.5, 0.6) is 0 Å². The average molecular weight is 296 g/mol. The Morgan fingerprint density at radius 1 is 1.30 bits per heavy atom. The number of rotatable bonds is 3. The maximum atomic E-state index is 12.7. The lowest BCUT2D eigenvalue weighted by molar-refractivity contribution is 0.165. The van der Waals surface area contributed by atoms with E-state index in [4.69, 9.17) is 0 Å². The van der Waals surface area contributed by atoms with Crippen LogP contribution in [0.25, 0.3) is 0 Å². The van der Waals surface area contributed by atoms with Gasteiger partial charge in [-0.2, -0.15) is 4.31 Å². The average Bonchev–Trinajstić information content (AvgIpc) is 2.94. The summed E-state index contributed by atoms with van der Waals surface area (Å²) in [5, 5.41) is 12.5.